The monoisotopic (exact) mass is 198 g/mol. The first-order valence-corrected chi connectivity index (χ1v) is 4.76. The summed E-state index contributed by atoms with van der Waals surface area (Å²) in [6, 6.07) is 1.87. The lowest BCUT2D eigenvalue weighted by Gasteiger charge is -2.11. The van der Waals surface area contributed by atoms with E-state index in [2.05, 4.69) is 4.74 Å². The summed E-state index contributed by atoms with van der Waals surface area (Å²) in [5, 5.41) is 9.47. The average molecular weight is 198 g/mol. The number of methoxy groups -OCH3 is 1. The van der Waals surface area contributed by atoms with E-state index < -0.39 is 5.97 Å². The minimum absolute atomic E-state index is 0.104. The van der Waals surface area contributed by atoms with Crippen molar-refractivity contribution in [2.45, 2.75) is 0 Å². The van der Waals surface area contributed by atoms with Gasteiger partial charge in [-0.15, -0.1) is 11.8 Å². The van der Waals surface area contributed by atoms with Crippen LogP contribution in [-0.4, -0.2) is 37.3 Å². The van der Waals surface area contributed by atoms with E-state index in [4.69, 9.17) is 5.26 Å². The molecule has 70 valence electrons. The Hall–Kier alpha value is -1.15. The first-order chi connectivity index (χ1) is 6.20. The van der Waals surface area contributed by atoms with Gasteiger partial charge < -0.3 is 9.64 Å². The van der Waals surface area contributed by atoms with Crippen LogP contribution >= 0.6 is 11.8 Å². The molecule has 0 spiro atoms. The second kappa shape index (κ2) is 4.19. The van der Waals surface area contributed by atoms with Crippen molar-refractivity contribution in [3.05, 3.63) is 10.6 Å². The fraction of sp³-hybridized carbons (Fsp3) is 0.500. The molecule has 0 aromatic rings. The molecule has 1 aliphatic rings. The van der Waals surface area contributed by atoms with E-state index in [1.165, 1.54) is 18.9 Å². The first-order valence-electron chi connectivity index (χ1n) is 3.77. The smallest absolute Gasteiger partial charge is 0.351 e. The predicted octanol–water partition coefficient (Wildman–Crippen LogP) is 0.573. The summed E-state index contributed by atoms with van der Waals surface area (Å²) >= 11 is 1.51. The normalized spacial score (nSPS) is 19.6. The summed E-state index contributed by atoms with van der Waals surface area (Å²) in [6.07, 6.45) is 0. The van der Waals surface area contributed by atoms with E-state index in [1.54, 1.807) is 0 Å². The number of nitrogens with zero attached hydrogens (tertiary/aromatic N) is 2. The van der Waals surface area contributed by atoms with Crippen LogP contribution in [0.1, 0.15) is 0 Å². The number of nitriles is 1. The highest BCUT2D eigenvalue weighted by atomic mass is 32.2. The van der Waals surface area contributed by atoms with E-state index in [0.717, 1.165) is 12.3 Å². The van der Waals surface area contributed by atoms with Gasteiger partial charge in [0.2, 0.25) is 0 Å². The van der Waals surface area contributed by atoms with Crippen LogP contribution in [0.2, 0.25) is 0 Å². The molecule has 4 nitrogen and oxygen atoms in total. The van der Waals surface area contributed by atoms with Gasteiger partial charge in [0, 0.05) is 19.3 Å². The number of ether oxygens (including phenoxy) is 1. The van der Waals surface area contributed by atoms with Crippen LogP contribution in [0.15, 0.2) is 10.6 Å². The number of carbonyl (C=O) groups is 1. The lowest BCUT2D eigenvalue weighted by molar-refractivity contribution is -0.135. The predicted molar refractivity (Wildman–Crippen MR) is 49.7 cm³/mol. The van der Waals surface area contributed by atoms with Crippen molar-refractivity contribution >= 4 is 17.7 Å². The Kier molecular flexibility index (Phi) is 3.20. The molecule has 1 saturated heterocycles. The average Bonchev–Trinajstić information content (AvgIpc) is 2.53. The van der Waals surface area contributed by atoms with Crippen molar-refractivity contribution < 1.29 is 9.53 Å². The quantitative estimate of drug-likeness (QED) is 0.350. The second-order valence-electron chi connectivity index (χ2n) is 2.55. The molecule has 1 fully saturated rings. The molecule has 5 heteroatoms. The van der Waals surface area contributed by atoms with E-state index in [-0.39, 0.29) is 5.57 Å². The highest BCUT2D eigenvalue weighted by molar-refractivity contribution is 8.03. The third-order valence-corrected chi connectivity index (χ3v) is 2.90. The molecule has 0 radical (unpaired) electrons. The van der Waals surface area contributed by atoms with Crippen molar-refractivity contribution in [3.63, 3.8) is 0 Å². The fourth-order valence-electron chi connectivity index (χ4n) is 1.04. The fourth-order valence-corrected chi connectivity index (χ4v) is 2.18. The highest BCUT2D eigenvalue weighted by Gasteiger charge is 2.23. The molecule has 0 N–H and O–H groups in total. The van der Waals surface area contributed by atoms with Gasteiger partial charge in [0.25, 0.3) is 0 Å². The highest BCUT2D eigenvalue weighted by Crippen LogP contribution is 2.29. The number of rotatable bonds is 1. The van der Waals surface area contributed by atoms with Crippen LogP contribution in [0, 0.1) is 11.3 Å². The zero-order valence-electron chi connectivity index (χ0n) is 7.53. The number of thioether (sulfide) groups is 1. The number of esters is 1. The molecule has 0 amide bonds. The van der Waals surface area contributed by atoms with E-state index in [1.807, 2.05) is 18.0 Å². The lowest BCUT2D eigenvalue weighted by atomic mass is 10.3. The minimum atomic E-state index is -0.557. The van der Waals surface area contributed by atoms with Crippen LogP contribution in [0.3, 0.4) is 0 Å². The topological polar surface area (TPSA) is 53.3 Å². The van der Waals surface area contributed by atoms with Crippen molar-refractivity contribution in [1.82, 2.24) is 4.90 Å². The van der Waals surface area contributed by atoms with Crippen LogP contribution in [0.25, 0.3) is 0 Å². The van der Waals surface area contributed by atoms with Crippen molar-refractivity contribution in [2.75, 3.05) is 26.5 Å². The van der Waals surface area contributed by atoms with Gasteiger partial charge in [-0.05, 0) is 0 Å². The van der Waals surface area contributed by atoms with Crippen LogP contribution in [0.4, 0.5) is 0 Å². The van der Waals surface area contributed by atoms with E-state index in [0.29, 0.717) is 5.03 Å². The van der Waals surface area contributed by atoms with E-state index in [9.17, 15) is 4.79 Å². The molecular formula is C8H10N2O2S. The molecule has 1 rings (SSSR count). The Morgan fingerprint density at radius 2 is 2.46 bits per heavy atom. The Morgan fingerprint density at radius 3 is 2.85 bits per heavy atom. The molecule has 0 saturated carbocycles. The molecule has 1 aliphatic heterocycles. The Labute approximate surface area is 81.1 Å². The first kappa shape index (κ1) is 9.93. The number of hydrogen-bond acceptors (Lipinski definition) is 5. The van der Waals surface area contributed by atoms with Gasteiger partial charge in [-0.3, -0.25) is 0 Å². The van der Waals surface area contributed by atoms with Gasteiger partial charge in [-0.1, -0.05) is 0 Å². The summed E-state index contributed by atoms with van der Waals surface area (Å²) in [7, 11) is 3.13. The SMILES string of the molecule is COC(=O)C(C#N)=C1SCCN1C. The molecule has 0 unspecified atom stereocenters. The van der Waals surface area contributed by atoms with Crippen LogP contribution < -0.4 is 0 Å². The molecular weight excluding hydrogens is 188 g/mol. The maximum Gasteiger partial charge on any atom is 0.351 e. The van der Waals surface area contributed by atoms with Gasteiger partial charge in [-0.2, -0.15) is 5.26 Å². The van der Waals surface area contributed by atoms with Gasteiger partial charge in [0.05, 0.1) is 12.1 Å². The molecule has 13 heavy (non-hydrogen) atoms. The van der Waals surface area contributed by atoms with Gasteiger partial charge in [-0.25, -0.2) is 4.79 Å². The summed E-state index contributed by atoms with van der Waals surface area (Å²) in [5.41, 5.74) is 0.104. The second-order valence-corrected chi connectivity index (χ2v) is 3.64. The molecule has 0 aromatic carbocycles. The van der Waals surface area contributed by atoms with Crippen LogP contribution in [-0.2, 0) is 9.53 Å². The molecule has 0 aliphatic carbocycles. The van der Waals surface area contributed by atoms with Gasteiger partial charge in [0.1, 0.15) is 6.07 Å². The third kappa shape index (κ3) is 1.95. The van der Waals surface area contributed by atoms with Crippen molar-refractivity contribution in [2.24, 2.45) is 0 Å². The van der Waals surface area contributed by atoms with Crippen molar-refractivity contribution in [3.8, 4) is 6.07 Å². The molecule has 1 heterocycles. The summed E-state index contributed by atoms with van der Waals surface area (Å²) in [6.45, 7) is 0.863. The third-order valence-electron chi connectivity index (χ3n) is 1.73. The summed E-state index contributed by atoms with van der Waals surface area (Å²) in [5.74, 6) is 0.354. The largest absolute Gasteiger partial charge is 0.465 e. The molecule has 0 bridgehead atoms. The summed E-state index contributed by atoms with van der Waals surface area (Å²) < 4.78 is 4.50. The van der Waals surface area contributed by atoms with Crippen LogP contribution in [0.5, 0.6) is 0 Å². The maximum atomic E-state index is 11.1. The van der Waals surface area contributed by atoms with E-state index >= 15 is 0 Å². The van der Waals surface area contributed by atoms with Gasteiger partial charge >= 0.3 is 5.97 Å². The maximum absolute atomic E-state index is 11.1. The van der Waals surface area contributed by atoms with Gasteiger partial charge in [0.15, 0.2) is 5.57 Å². The Morgan fingerprint density at radius 1 is 1.77 bits per heavy atom. The summed E-state index contributed by atoms with van der Waals surface area (Å²) in [4.78, 5) is 13.0. The minimum Gasteiger partial charge on any atom is -0.465 e. The number of hydrogen-bond donors (Lipinski definition) is 0. The lowest BCUT2D eigenvalue weighted by Crippen LogP contribution is -2.15. The standard InChI is InChI=1S/C8H10N2O2S/c1-10-3-4-13-7(10)6(5-9)8(11)12-2/h3-4H2,1-2H3. The Bertz CT molecular complexity index is 293. The van der Waals surface area contributed by atoms with Crippen molar-refractivity contribution in [1.29, 1.82) is 5.26 Å². The zero-order valence-corrected chi connectivity index (χ0v) is 8.35. The zero-order chi connectivity index (χ0) is 9.84. The number of carbonyl (C=O) groups excluding carboxylic acids is 1. The Balaban J connectivity index is 2.98. The molecule has 0 atom stereocenters. The molecule has 0 aromatic heterocycles.